The molecule has 13 nitrogen and oxygen atoms in total. The SMILES string of the molecule is COC(=O)C1O[C@@H](ON2C(=O)c3ccccc3C2=O)[C@H](OC(C)=O)[C@@H](OC(C)=O)[C@@H]1OC(C)=O. The number of hydrogen-bond donors (Lipinski definition) is 0. The minimum absolute atomic E-state index is 0.0474. The van der Waals surface area contributed by atoms with E-state index in [0.29, 0.717) is 5.06 Å². The van der Waals surface area contributed by atoms with Crippen molar-refractivity contribution in [3.8, 4) is 0 Å². The maximum Gasteiger partial charge on any atom is 0.339 e. The molecule has 182 valence electrons. The van der Waals surface area contributed by atoms with Crippen LogP contribution in [0.2, 0.25) is 0 Å². The summed E-state index contributed by atoms with van der Waals surface area (Å²) in [4.78, 5) is 78.6. The molecule has 2 heterocycles. The molecule has 1 fully saturated rings. The van der Waals surface area contributed by atoms with Crippen LogP contribution in [0.5, 0.6) is 0 Å². The number of ether oxygens (including phenoxy) is 5. The fourth-order valence-electron chi connectivity index (χ4n) is 3.53. The van der Waals surface area contributed by atoms with E-state index in [1.54, 1.807) is 12.1 Å². The first kappa shape index (κ1) is 24.8. The van der Waals surface area contributed by atoms with Crippen molar-refractivity contribution in [3.05, 3.63) is 35.4 Å². The lowest BCUT2D eigenvalue weighted by Gasteiger charge is -2.43. The first-order valence-electron chi connectivity index (χ1n) is 9.94. The van der Waals surface area contributed by atoms with E-state index >= 15 is 0 Å². The molecule has 1 unspecified atom stereocenters. The molecule has 3 rings (SSSR count). The summed E-state index contributed by atoms with van der Waals surface area (Å²) in [6.07, 6.45) is -8.45. The monoisotopic (exact) mass is 479 g/mol. The molecule has 5 atom stereocenters. The lowest BCUT2D eigenvalue weighted by molar-refractivity contribution is -0.334. The van der Waals surface area contributed by atoms with Crippen LogP contribution < -0.4 is 0 Å². The molecule has 0 spiro atoms. The van der Waals surface area contributed by atoms with Crippen molar-refractivity contribution in [1.82, 2.24) is 5.06 Å². The number of rotatable bonds is 6. The van der Waals surface area contributed by atoms with Crippen molar-refractivity contribution in [2.75, 3.05) is 7.11 Å². The number of hydroxylamine groups is 2. The van der Waals surface area contributed by atoms with E-state index in [2.05, 4.69) is 4.74 Å². The van der Waals surface area contributed by atoms with Crippen LogP contribution in [0.3, 0.4) is 0 Å². The van der Waals surface area contributed by atoms with Crippen LogP contribution in [-0.4, -0.2) is 78.6 Å². The van der Waals surface area contributed by atoms with Gasteiger partial charge >= 0.3 is 23.9 Å². The lowest BCUT2D eigenvalue weighted by atomic mass is 9.98. The Labute approximate surface area is 192 Å². The van der Waals surface area contributed by atoms with E-state index in [4.69, 9.17) is 23.8 Å². The van der Waals surface area contributed by atoms with Gasteiger partial charge in [-0.2, -0.15) is 0 Å². The minimum Gasteiger partial charge on any atom is -0.467 e. The number of carbonyl (C=O) groups is 6. The van der Waals surface area contributed by atoms with Crippen molar-refractivity contribution in [3.63, 3.8) is 0 Å². The Morgan fingerprint density at radius 2 is 1.26 bits per heavy atom. The Morgan fingerprint density at radius 1 is 0.794 bits per heavy atom. The van der Waals surface area contributed by atoms with Gasteiger partial charge in [0.05, 0.1) is 18.2 Å². The zero-order valence-electron chi connectivity index (χ0n) is 18.5. The third-order valence-electron chi connectivity index (χ3n) is 4.80. The topological polar surface area (TPSA) is 161 Å². The Balaban J connectivity index is 2.01. The minimum atomic E-state index is -1.83. The molecule has 0 aromatic heterocycles. The Hall–Kier alpha value is -3.84. The van der Waals surface area contributed by atoms with Crippen LogP contribution in [0.1, 0.15) is 41.5 Å². The number of benzene rings is 1. The van der Waals surface area contributed by atoms with Gasteiger partial charge < -0.3 is 23.7 Å². The quantitative estimate of drug-likeness (QED) is 0.303. The molecule has 2 aliphatic heterocycles. The molecule has 1 aromatic carbocycles. The van der Waals surface area contributed by atoms with Gasteiger partial charge in [-0.05, 0) is 12.1 Å². The zero-order chi connectivity index (χ0) is 25.2. The highest BCUT2D eigenvalue weighted by Crippen LogP contribution is 2.32. The first-order chi connectivity index (χ1) is 16.0. The van der Waals surface area contributed by atoms with E-state index in [1.165, 1.54) is 12.1 Å². The fourth-order valence-corrected chi connectivity index (χ4v) is 3.53. The van der Waals surface area contributed by atoms with Crippen LogP contribution in [0.25, 0.3) is 0 Å². The highest BCUT2D eigenvalue weighted by Gasteiger charge is 2.57. The van der Waals surface area contributed by atoms with Crippen molar-refractivity contribution in [2.45, 2.75) is 51.5 Å². The second-order valence-electron chi connectivity index (χ2n) is 7.23. The summed E-state index contributed by atoms with van der Waals surface area (Å²) in [7, 11) is 1.02. The van der Waals surface area contributed by atoms with Crippen molar-refractivity contribution < 1.29 is 57.3 Å². The fraction of sp³-hybridized carbons (Fsp3) is 0.429. The second-order valence-corrected chi connectivity index (χ2v) is 7.23. The van der Waals surface area contributed by atoms with E-state index in [1.807, 2.05) is 0 Å². The van der Waals surface area contributed by atoms with Gasteiger partial charge in [0.15, 0.2) is 24.4 Å². The van der Waals surface area contributed by atoms with E-state index in [0.717, 1.165) is 27.9 Å². The average Bonchev–Trinajstić information content (AvgIpc) is 3.01. The number of fused-ring (bicyclic) bond motifs is 1. The summed E-state index contributed by atoms with van der Waals surface area (Å²) >= 11 is 0. The highest BCUT2D eigenvalue weighted by molar-refractivity contribution is 6.20. The van der Waals surface area contributed by atoms with Gasteiger partial charge in [-0.25, -0.2) is 9.63 Å². The van der Waals surface area contributed by atoms with Crippen molar-refractivity contribution in [1.29, 1.82) is 0 Å². The van der Waals surface area contributed by atoms with Gasteiger partial charge in [0.2, 0.25) is 6.29 Å². The molecule has 1 saturated heterocycles. The smallest absolute Gasteiger partial charge is 0.339 e. The molecule has 0 saturated carbocycles. The van der Waals surface area contributed by atoms with E-state index in [-0.39, 0.29) is 11.1 Å². The molecule has 13 heteroatoms. The number of hydrogen-bond acceptors (Lipinski definition) is 12. The molecule has 2 amide bonds. The highest BCUT2D eigenvalue weighted by atomic mass is 16.8. The van der Waals surface area contributed by atoms with Crippen LogP contribution in [-0.2, 0) is 47.7 Å². The summed E-state index contributed by atoms with van der Waals surface area (Å²) in [6.45, 7) is 3.08. The standard InChI is InChI=1S/C21H21NO12/c1-9(23)30-14-15(31-10(2)24)17(32-11(3)25)21(33-16(14)20(28)29-4)34-22-18(26)12-7-5-6-8-13(12)19(22)27/h5-8,14-17,21H,1-4H3/t14-,15-,16?,17+,21-/m0/s1. The van der Waals surface area contributed by atoms with Crippen molar-refractivity contribution in [2.24, 2.45) is 0 Å². The molecule has 34 heavy (non-hydrogen) atoms. The molecule has 0 aliphatic carbocycles. The predicted octanol–water partition coefficient (Wildman–Crippen LogP) is -0.0928. The molecule has 0 bridgehead atoms. The molecular weight excluding hydrogens is 458 g/mol. The van der Waals surface area contributed by atoms with Crippen molar-refractivity contribution >= 4 is 35.7 Å². The maximum absolute atomic E-state index is 12.7. The van der Waals surface area contributed by atoms with Crippen LogP contribution in [0, 0.1) is 0 Å². The molecule has 0 N–H and O–H groups in total. The second kappa shape index (κ2) is 9.97. The summed E-state index contributed by atoms with van der Waals surface area (Å²) in [5, 5.41) is 0.372. The molecule has 2 aliphatic rings. The van der Waals surface area contributed by atoms with Gasteiger partial charge in [-0.3, -0.25) is 24.0 Å². The van der Waals surface area contributed by atoms with Gasteiger partial charge in [0, 0.05) is 20.8 Å². The van der Waals surface area contributed by atoms with Crippen LogP contribution >= 0.6 is 0 Å². The van der Waals surface area contributed by atoms with Gasteiger partial charge in [0.25, 0.3) is 11.8 Å². The molecular formula is C21H21NO12. The predicted molar refractivity (Wildman–Crippen MR) is 105 cm³/mol. The zero-order valence-corrected chi connectivity index (χ0v) is 18.5. The average molecular weight is 479 g/mol. The van der Waals surface area contributed by atoms with Gasteiger partial charge in [-0.1, -0.05) is 12.1 Å². The largest absolute Gasteiger partial charge is 0.467 e. The third-order valence-corrected chi connectivity index (χ3v) is 4.80. The Bertz CT molecular complexity index is 1000. The number of amides is 2. The first-order valence-corrected chi connectivity index (χ1v) is 9.94. The van der Waals surface area contributed by atoms with E-state index < -0.39 is 66.4 Å². The Kier molecular flexibility index (Phi) is 7.27. The number of imide groups is 1. The maximum atomic E-state index is 12.7. The molecule has 0 radical (unpaired) electrons. The van der Waals surface area contributed by atoms with Gasteiger partial charge in [0.1, 0.15) is 0 Å². The number of esters is 4. The summed E-state index contributed by atoms with van der Waals surface area (Å²) < 4.78 is 25.7. The van der Waals surface area contributed by atoms with Crippen LogP contribution in [0.4, 0.5) is 0 Å². The van der Waals surface area contributed by atoms with Gasteiger partial charge in [-0.15, -0.1) is 5.06 Å². The number of methoxy groups -OCH3 is 1. The number of nitrogens with zero attached hydrogens (tertiary/aromatic N) is 1. The summed E-state index contributed by atoms with van der Waals surface area (Å²) in [5.41, 5.74) is 0.0948. The number of carbonyl (C=O) groups excluding carboxylic acids is 6. The summed E-state index contributed by atoms with van der Waals surface area (Å²) in [6, 6.07) is 5.89. The molecule has 1 aromatic rings. The third kappa shape index (κ3) is 4.89. The normalized spacial score (nSPS) is 25.9. The Morgan fingerprint density at radius 3 is 1.74 bits per heavy atom. The van der Waals surface area contributed by atoms with E-state index in [9.17, 15) is 28.8 Å². The summed E-state index contributed by atoms with van der Waals surface area (Å²) in [5.74, 6) is -5.39. The van der Waals surface area contributed by atoms with Crippen LogP contribution in [0.15, 0.2) is 24.3 Å². The lowest BCUT2D eigenvalue weighted by Crippen LogP contribution is -2.64.